The average molecular weight is 368 g/mol. The van der Waals surface area contributed by atoms with Crippen molar-refractivity contribution in [2.24, 2.45) is 0 Å². The summed E-state index contributed by atoms with van der Waals surface area (Å²) in [4.78, 5) is 23.7. The molecule has 0 radical (unpaired) electrons. The fourth-order valence-corrected chi connectivity index (χ4v) is 3.25. The maximum atomic E-state index is 12.3. The van der Waals surface area contributed by atoms with E-state index in [1.165, 1.54) is 6.07 Å². The molecule has 0 bridgehead atoms. The van der Waals surface area contributed by atoms with Crippen molar-refractivity contribution in [3.8, 4) is 0 Å². The number of thioether (sulfide) groups is 2. The Labute approximate surface area is 139 Å². The number of amides is 1. The van der Waals surface area contributed by atoms with E-state index in [1.54, 1.807) is 4.90 Å². The Morgan fingerprint density at radius 2 is 1.91 bits per heavy atom. The van der Waals surface area contributed by atoms with Gasteiger partial charge in [-0.1, -0.05) is 0 Å². The van der Waals surface area contributed by atoms with E-state index in [4.69, 9.17) is 0 Å². The van der Waals surface area contributed by atoms with Crippen LogP contribution in [0.5, 0.6) is 0 Å². The zero-order valence-corrected chi connectivity index (χ0v) is 14.1. The van der Waals surface area contributed by atoms with Crippen LogP contribution in [0.4, 0.5) is 18.9 Å². The van der Waals surface area contributed by atoms with Gasteiger partial charge in [0.2, 0.25) is 5.91 Å². The van der Waals surface area contributed by atoms with Gasteiger partial charge >= 0.3 is 5.51 Å². The summed E-state index contributed by atoms with van der Waals surface area (Å²) >= 11 is 0.535. The SMILES string of the molecule is CCN(CC)C(=O)CSc1ccc(SC(F)(F)F)cc1[N+](=O)[O-]. The van der Waals surface area contributed by atoms with Crippen LogP contribution in [0.3, 0.4) is 0 Å². The maximum Gasteiger partial charge on any atom is 0.446 e. The van der Waals surface area contributed by atoms with E-state index in [0.29, 0.717) is 13.1 Å². The quantitative estimate of drug-likeness (QED) is 0.411. The number of carbonyl (C=O) groups is 1. The molecule has 0 N–H and O–H groups in total. The third-order valence-electron chi connectivity index (χ3n) is 2.83. The molecule has 0 spiro atoms. The molecule has 10 heteroatoms. The molecule has 23 heavy (non-hydrogen) atoms. The summed E-state index contributed by atoms with van der Waals surface area (Å²) in [7, 11) is 0. The monoisotopic (exact) mass is 368 g/mol. The zero-order valence-electron chi connectivity index (χ0n) is 12.4. The number of hydrogen-bond donors (Lipinski definition) is 0. The van der Waals surface area contributed by atoms with Gasteiger partial charge in [0, 0.05) is 24.1 Å². The molecular formula is C13H15F3N2O3S2. The summed E-state index contributed by atoms with van der Waals surface area (Å²) < 4.78 is 37.0. The van der Waals surface area contributed by atoms with E-state index < -0.39 is 27.9 Å². The molecule has 0 saturated heterocycles. The summed E-state index contributed by atoms with van der Waals surface area (Å²) in [5, 5.41) is 11.0. The molecule has 1 amide bonds. The van der Waals surface area contributed by atoms with Crippen LogP contribution < -0.4 is 0 Å². The highest BCUT2D eigenvalue weighted by atomic mass is 32.2. The Bertz CT molecular complexity index is 578. The van der Waals surface area contributed by atoms with E-state index in [0.717, 1.165) is 23.9 Å². The molecule has 0 aromatic heterocycles. The van der Waals surface area contributed by atoms with E-state index in [1.807, 2.05) is 13.8 Å². The average Bonchev–Trinajstić information content (AvgIpc) is 2.45. The van der Waals surface area contributed by atoms with E-state index >= 15 is 0 Å². The number of benzene rings is 1. The van der Waals surface area contributed by atoms with Gasteiger partial charge in [-0.25, -0.2) is 0 Å². The molecule has 0 aliphatic rings. The molecule has 1 aromatic rings. The van der Waals surface area contributed by atoms with Crippen LogP contribution in [0, 0.1) is 10.1 Å². The second-order valence-corrected chi connectivity index (χ2v) is 6.44. The number of nitro groups is 1. The maximum absolute atomic E-state index is 12.3. The van der Waals surface area contributed by atoms with E-state index in [9.17, 15) is 28.1 Å². The topological polar surface area (TPSA) is 63.5 Å². The molecule has 5 nitrogen and oxygen atoms in total. The molecule has 0 saturated carbocycles. The first-order valence-corrected chi connectivity index (χ1v) is 8.42. The molecule has 0 heterocycles. The van der Waals surface area contributed by atoms with Crippen molar-refractivity contribution < 1.29 is 22.9 Å². The Kier molecular flexibility index (Phi) is 7.20. The largest absolute Gasteiger partial charge is 0.446 e. The van der Waals surface area contributed by atoms with E-state index in [-0.39, 0.29) is 21.5 Å². The van der Waals surface area contributed by atoms with Crippen LogP contribution in [0.25, 0.3) is 0 Å². The van der Waals surface area contributed by atoms with Gasteiger partial charge in [0.1, 0.15) is 0 Å². The van der Waals surface area contributed by atoms with Crippen molar-refractivity contribution in [3.63, 3.8) is 0 Å². The summed E-state index contributed by atoms with van der Waals surface area (Å²) in [5.74, 6) is -0.183. The molecule has 0 aliphatic heterocycles. The van der Waals surface area contributed by atoms with Crippen molar-refractivity contribution in [2.75, 3.05) is 18.8 Å². The number of hydrogen-bond acceptors (Lipinski definition) is 5. The van der Waals surface area contributed by atoms with E-state index in [2.05, 4.69) is 0 Å². The molecule has 1 rings (SSSR count). The van der Waals surface area contributed by atoms with Gasteiger partial charge in [0.15, 0.2) is 0 Å². The van der Waals surface area contributed by atoms with Crippen LogP contribution in [0.15, 0.2) is 28.0 Å². The first kappa shape index (κ1) is 19.6. The van der Waals surface area contributed by atoms with Gasteiger partial charge < -0.3 is 4.90 Å². The lowest BCUT2D eigenvalue weighted by atomic mass is 10.3. The number of alkyl halides is 3. The second kappa shape index (κ2) is 8.44. The van der Waals surface area contributed by atoms with Crippen LogP contribution in [0.2, 0.25) is 0 Å². The number of nitro benzene ring substituents is 1. The summed E-state index contributed by atoms with van der Waals surface area (Å²) in [6.07, 6.45) is 0. The number of rotatable bonds is 7. The van der Waals surface area contributed by atoms with Crippen LogP contribution in [-0.4, -0.2) is 40.1 Å². The Morgan fingerprint density at radius 3 is 2.39 bits per heavy atom. The summed E-state index contributed by atoms with van der Waals surface area (Å²) in [6.45, 7) is 4.69. The lowest BCUT2D eigenvalue weighted by Crippen LogP contribution is -2.31. The summed E-state index contributed by atoms with van der Waals surface area (Å²) in [6, 6.07) is 3.28. The standard InChI is InChI=1S/C13H15F3N2O3S2/c1-3-17(4-2)12(19)8-22-11-6-5-9(23-13(14,15)16)7-10(11)18(20)21/h5-7H,3-4,8H2,1-2H3. The van der Waals surface area contributed by atoms with Crippen molar-refractivity contribution >= 4 is 35.1 Å². The number of carbonyl (C=O) groups excluding carboxylic acids is 1. The van der Waals surface area contributed by atoms with Gasteiger partial charge in [-0.2, -0.15) is 13.2 Å². The number of halogens is 3. The lowest BCUT2D eigenvalue weighted by Gasteiger charge is -2.18. The number of nitrogens with zero attached hydrogens (tertiary/aromatic N) is 2. The molecule has 0 aliphatic carbocycles. The molecule has 1 aromatic carbocycles. The zero-order chi connectivity index (χ0) is 17.6. The van der Waals surface area contributed by atoms with Crippen molar-refractivity contribution in [1.82, 2.24) is 4.90 Å². The minimum absolute atomic E-state index is 0.00567. The Morgan fingerprint density at radius 1 is 1.30 bits per heavy atom. The molecular weight excluding hydrogens is 353 g/mol. The molecule has 128 valence electrons. The predicted octanol–water partition coefficient (Wildman–Crippen LogP) is 4.17. The smallest absolute Gasteiger partial charge is 0.343 e. The van der Waals surface area contributed by atoms with Crippen LogP contribution in [-0.2, 0) is 4.79 Å². The Hall–Kier alpha value is -1.42. The van der Waals surface area contributed by atoms with Gasteiger partial charge in [-0.05, 0) is 37.7 Å². The normalized spacial score (nSPS) is 11.3. The van der Waals surface area contributed by atoms with Crippen LogP contribution >= 0.6 is 23.5 Å². The Balaban J connectivity index is 2.90. The minimum Gasteiger partial charge on any atom is -0.343 e. The highest BCUT2D eigenvalue weighted by molar-refractivity contribution is 8.00. The second-order valence-electron chi connectivity index (χ2n) is 4.29. The minimum atomic E-state index is -4.51. The van der Waals surface area contributed by atoms with Crippen molar-refractivity contribution in [3.05, 3.63) is 28.3 Å². The fraction of sp³-hybridized carbons (Fsp3) is 0.462. The van der Waals surface area contributed by atoms with Gasteiger partial charge in [-0.3, -0.25) is 14.9 Å². The highest BCUT2D eigenvalue weighted by Gasteiger charge is 2.30. The first-order valence-electron chi connectivity index (χ1n) is 6.62. The van der Waals surface area contributed by atoms with Crippen LogP contribution in [0.1, 0.15) is 13.8 Å². The lowest BCUT2D eigenvalue weighted by molar-refractivity contribution is -0.387. The first-order chi connectivity index (χ1) is 10.7. The molecule has 0 atom stereocenters. The van der Waals surface area contributed by atoms with Crippen molar-refractivity contribution in [1.29, 1.82) is 0 Å². The summed E-state index contributed by atoms with van der Waals surface area (Å²) in [5.41, 5.74) is -4.95. The molecule has 0 fully saturated rings. The van der Waals surface area contributed by atoms with Gasteiger partial charge in [0.25, 0.3) is 5.69 Å². The third-order valence-corrected chi connectivity index (χ3v) is 4.60. The van der Waals surface area contributed by atoms with Gasteiger partial charge in [0.05, 0.1) is 15.6 Å². The predicted molar refractivity (Wildman–Crippen MR) is 83.7 cm³/mol. The van der Waals surface area contributed by atoms with Crippen molar-refractivity contribution in [2.45, 2.75) is 29.1 Å². The fourth-order valence-electron chi connectivity index (χ4n) is 1.77. The highest BCUT2D eigenvalue weighted by Crippen LogP contribution is 2.40. The molecule has 0 unspecified atom stereocenters. The third kappa shape index (κ3) is 6.30. The van der Waals surface area contributed by atoms with Gasteiger partial charge in [-0.15, -0.1) is 11.8 Å².